The van der Waals surface area contributed by atoms with Gasteiger partial charge in [-0.15, -0.1) is 0 Å². The third-order valence-corrected chi connectivity index (χ3v) is 9.43. The molecule has 1 fully saturated rings. The molecule has 1 aromatic heterocycles. The number of nitrogens with zero attached hydrogens (tertiary/aromatic N) is 1. The average molecular weight is 608 g/mol. The SMILES string of the molecule is C=Cc1c(/C=C\C)c(=C)n(CCCc2ccc(/C(=C(/CC)c3ccccc3)c3ccc(NC4CCCCC4)c(C=N)c3)cc2)c1=C. The highest BCUT2D eigenvalue weighted by Crippen LogP contribution is 2.36. The molecule has 3 nitrogen and oxygen atoms in total. The molecule has 236 valence electrons. The predicted molar refractivity (Wildman–Crippen MR) is 202 cm³/mol. The number of nitrogens with one attached hydrogen (secondary N) is 2. The van der Waals surface area contributed by atoms with Gasteiger partial charge in [0.25, 0.3) is 0 Å². The molecule has 0 bridgehead atoms. The number of rotatable bonds is 13. The first-order valence-corrected chi connectivity index (χ1v) is 16.9. The molecule has 0 spiro atoms. The smallest absolute Gasteiger partial charge is 0.0431 e. The molecule has 46 heavy (non-hydrogen) atoms. The molecule has 3 aromatic carbocycles. The first kappa shape index (κ1) is 32.8. The van der Waals surface area contributed by atoms with Crippen LogP contribution in [0, 0.1) is 5.41 Å². The number of aromatic nitrogens is 1. The molecule has 0 atom stereocenters. The van der Waals surface area contributed by atoms with Crippen LogP contribution in [0.3, 0.4) is 0 Å². The molecule has 3 heteroatoms. The van der Waals surface area contributed by atoms with Gasteiger partial charge in [-0.25, -0.2) is 0 Å². The van der Waals surface area contributed by atoms with E-state index in [4.69, 9.17) is 5.41 Å². The summed E-state index contributed by atoms with van der Waals surface area (Å²) in [6, 6.07) is 26.9. The van der Waals surface area contributed by atoms with Crippen LogP contribution in [0.4, 0.5) is 5.69 Å². The lowest BCUT2D eigenvalue weighted by molar-refractivity contribution is 0.462. The molecule has 0 saturated heterocycles. The minimum atomic E-state index is 0.494. The molecule has 4 aromatic rings. The molecule has 1 aliphatic rings. The van der Waals surface area contributed by atoms with E-state index < -0.39 is 0 Å². The van der Waals surface area contributed by atoms with E-state index in [0.29, 0.717) is 6.04 Å². The van der Waals surface area contributed by atoms with Gasteiger partial charge >= 0.3 is 0 Å². The second-order valence-electron chi connectivity index (χ2n) is 12.4. The Morgan fingerprint density at radius 2 is 1.59 bits per heavy atom. The van der Waals surface area contributed by atoms with Gasteiger partial charge in [0, 0.05) is 51.9 Å². The van der Waals surface area contributed by atoms with Crippen LogP contribution >= 0.6 is 0 Å². The van der Waals surface area contributed by atoms with Crippen LogP contribution in [0.15, 0.2) is 85.5 Å². The Hall–Kier alpha value is -4.63. The summed E-state index contributed by atoms with van der Waals surface area (Å²) in [7, 11) is 0. The second-order valence-corrected chi connectivity index (χ2v) is 12.4. The number of aryl methyl sites for hydroxylation is 1. The minimum Gasteiger partial charge on any atom is -0.382 e. The lowest BCUT2D eigenvalue weighted by Crippen LogP contribution is -2.26. The maximum Gasteiger partial charge on any atom is 0.0431 e. The van der Waals surface area contributed by atoms with Gasteiger partial charge in [-0.05, 0) is 84.6 Å². The Morgan fingerprint density at radius 3 is 2.24 bits per heavy atom. The zero-order valence-corrected chi connectivity index (χ0v) is 27.7. The molecule has 2 N–H and O–H groups in total. The number of hydrogen-bond acceptors (Lipinski definition) is 2. The van der Waals surface area contributed by atoms with Crippen molar-refractivity contribution in [2.24, 2.45) is 0 Å². The van der Waals surface area contributed by atoms with E-state index in [1.807, 2.05) is 19.1 Å². The van der Waals surface area contributed by atoms with E-state index in [-0.39, 0.29) is 0 Å². The monoisotopic (exact) mass is 607 g/mol. The first-order chi connectivity index (χ1) is 22.5. The number of anilines is 1. The Kier molecular flexibility index (Phi) is 11.1. The summed E-state index contributed by atoms with van der Waals surface area (Å²) < 4.78 is 2.22. The van der Waals surface area contributed by atoms with Crippen LogP contribution in [-0.2, 0) is 13.0 Å². The minimum absolute atomic E-state index is 0.494. The maximum atomic E-state index is 8.29. The van der Waals surface area contributed by atoms with Crippen molar-refractivity contribution in [1.82, 2.24) is 4.57 Å². The Labute approximate surface area is 275 Å². The molecule has 0 unspecified atom stereocenters. The normalized spacial score (nSPS) is 14.3. The average Bonchev–Trinajstić information content (AvgIpc) is 3.32. The second kappa shape index (κ2) is 15.6. The molecular formula is C43H49N3. The van der Waals surface area contributed by atoms with Crippen LogP contribution < -0.4 is 16.0 Å². The summed E-state index contributed by atoms with van der Waals surface area (Å²) in [5, 5.41) is 14.0. The topological polar surface area (TPSA) is 40.8 Å². The summed E-state index contributed by atoms with van der Waals surface area (Å²) >= 11 is 0. The molecule has 0 amide bonds. The van der Waals surface area contributed by atoms with Crippen molar-refractivity contribution in [2.45, 2.75) is 77.8 Å². The zero-order valence-electron chi connectivity index (χ0n) is 27.7. The van der Waals surface area contributed by atoms with E-state index in [1.54, 1.807) is 0 Å². The molecule has 5 rings (SSSR count). The van der Waals surface area contributed by atoms with Gasteiger partial charge in [0.15, 0.2) is 0 Å². The van der Waals surface area contributed by atoms with Crippen LogP contribution in [0.5, 0.6) is 0 Å². The summed E-state index contributed by atoms with van der Waals surface area (Å²) in [5.41, 5.74) is 11.6. The van der Waals surface area contributed by atoms with Gasteiger partial charge in [-0.2, -0.15) is 0 Å². The lowest BCUT2D eigenvalue weighted by Gasteiger charge is -2.25. The summed E-state index contributed by atoms with van der Waals surface area (Å²) in [5.74, 6) is 0. The molecule has 1 aliphatic carbocycles. The van der Waals surface area contributed by atoms with Crippen molar-refractivity contribution in [3.8, 4) is 0 Å². The molecule has 0 aliphatic heterocycles. The van der Waals surface area contributed by atoms with Crippen LogP contribution in [0.1, 0.15) is 97.7 Å². The quantitative estimate of drug-likeness (QED) is 0.115. The molecule has 0 radical (unpaired) electrons. The third-order valence-electron chi connectivity index (χ3n) is 9.43. The highest BCUT2D eigenvalue weighted by atomic mass is 15.0. The summed E-state index contributed by atoms with van der Waals surface area (Å²) in [6.07, 6.45) is 16.7. The fraction of sp³-hybridized carbons (Fsp3) is 0.279. The van der Waals surface area contributed by atoms with Gasteiger partial charge in [0.05, 0.1) is 0 Å². The van der Waals surface area contributed by atoms with Crippen LogP contribution in [0.25, 0.3) is 36.5 Å². The molecule has 1 heterocycles. The number of benzene rings is 3. The van der Waals surface area contributed by atoms with E-state index in [2.05, 4.69) is 115 Å². The Bertz CT molecular complexity index is 1810. The first-order valence-electron chi connectivity index (χ1n) is 16.9. The van der Waals surface area contributed by atoms with Crippen molar-refractivity contribution >= 4 is 48.4 Å². The van der Waals surface area contributed by atoms with Crippen molar-refractivity contribution in [2.75, 3.05) is 5.32 Å². The van der Waals surface area contributed by atoms with Gasteiger partial charge < -0.3 is 15.3 Å². The number of hydrogen-bond donors (Lipinski definition) is 2. The van der Waals surface area contributed by atoms with Crippen LogP contribution in [-0.4, -0.2) is 16.8 Å². The summed E-state index contributed by atoms with van der Waals surface area (Å²) in [4.78, 5) is 0. The van der Waals surface area contributed by atoms with E-state index >= 15 is 0 Å². The van der Waals surface area contributed by atoms with Crippen molar-refractivity contribution in [3.63, 3.8) is 0 Å². The third kappa shape index (κ3) is 7.26. The van der Waals surface area contributed by atoms with Gasteiger partial charge in [-0.3, -0.25) is 0 Å². The fourth-order valence-corrected chi connectivity index (χ4v) is 7.01. The van der Waals surface area contributed by atoms with E-state index in [1.165, 1.54) is 66.2 Å². The Morgan fingerprint density at radius 1 is 0.891 bits per heavy atom. The predicted octanol–water partition coefficient (Wildman–Crippen LogP) is 9.73. The lowest BCUT2D eigenvalue weighted by atomic mass is 9.87. The van der Waals surface area contributed by atoms with E-state index in [9.17, 15) is 0 Å². The summed E-state index contributed by atoms with van der Waals surface area (Å²) in [6.45, 7) is 17.8. The Balaban J connectivity index is 1.43. The standard InChI is InChI=1S/C43H49N3/c1-6-16-41-32(5)46(31(4)39(41)7-2)28-15-17-33-22-24-35(25-23-33)43(40(8-3)34-18-11-9-12-19-34)36-26-27-42(37(29-36)30-44)45-38-20-13-10-14-21-38/h6-7,9,11-12,16,18-19,22-27,29-30,38,44-45H,2,4-5,8,10,13-15,17,20-21,28H2,1,3H3/b16-6-,43-40+,44-30?. The molecular weight excluding hydrogens is 558 g/mol. The van der Waals surface area contributed by atoms with Gasteiger partial charge in [0.1, 0.15) is 0 Å². The van der Waals surface area contributed by atoms with Crippen molar-refractivity contribution in [3.05, 3.63) is 135 Å². The van der Waals surface area contributed by atoms with Crippen molar-refractivity contribution < 1.29 is 0 Å². The fourth-order valence-electron chi connectivity index (χ4n) is 7.01. The zero-order chi connectivity index (χ0) is 32.5. The van der Waals surface area contributed by atoms with Gasteiger partial charge in [-0.1, -0.05) is 125 Å². The number of allylic oxidation sites excluding steroid dienone is 2. The van der Waals surface area contributed by atoms with Crippen molar-refractivity contribution in [1.29, 1.82) is 5.41 Å². The highest BCUT2D eigenvalue weighted by molar-refractivity contribution is 6.00. The van der Waals surface area contributed by atoms with Gasteiger partial charge in [0.2, 0.25) is 0 Å². The molecule has 1 saturated carbocycles. The largest absolute Gasteiger partial charge is 0.382 e. The van der Waals surface area contributed by atoms with E-state index in [0.717, 1.165) is 64.4 Å². The van der Waals surface area contributed by atoms with Crippen LogP contribution in [0.2, 0.25) is 0 Å². The highest BCUT2D eigenvalue weighted by Gasteiger charge is 2.17. The maximum absolute atomic E-state index is 8.29.